The number of carboxylic acid groups (broad SMARTS) is 1. The first-order chi connectivity index (χ1) is 12.5. The van der Waals surface area contributed by atoms with E-state index < -0.39 is 18.1 Å². The molecule has 3 rings (SSSR count). The molecule has 0 fully saturated rings. The van der Waals surface area contributed by atoms with E-state index in [0.717, 1.165) is 16.7 Å². The zero-order valence-corrected chi connectivity index (χ0v) is 14.6. The summed E-state index contributed by atoms with van der Waals surface area (Å²) in [7, 11) is 1.69. The second-order valence-electron chi connectivity index (χ2n) is 6.50. The molecule has 0 aliphatic carbocycles. The molecular weight excluding hydrogens is 332 g/mol. The van der Waals surface area contributed by atoms with Crippen molar-refractivity contribution >= 4 is 11.9 Å². The molecule has 136 valence electrons. The summed E-state index contributed by atoms with van der Waals surface area (Å²) < 4.78 is 0. The van der Waals surface area contributed by atoms with Crippen LogP contribution in [0.15, 0.2) is 48.5 Å². The van der Waals surface area contributed by atoms with Crippen LogP contribution in [0.5, 0.6) is 5.75 Å². The van der Waals surface area contributed by atoms with Crippen molar-refractivity contribution in [3.63, 3.8) is 0 Å². The van der Waals surface area contributed by atoms with Gasteiger partial charge in [0.25, 0.3) is 0 Å². The van der Waals surface area contributed by atoms with E-state index in [1.54, 1.807) is 31.3 Å². The number of carbonyl (C=O) groups is 2. The Labute approximate surface area is 152 Å². The van der Waals surface area contributed by atoms with Crippen molar-refractivity contribution < 1.29 is 19.8 Å². The van der Waals surface area contributed by atoms with E-state index >= 15 is 0 Å². The molecule has 0 saturated heterocycles. The molecule has 6 nitrogen and oxygen atoms in total. The van der Waals surface area contributed by atoms with Gasteiger partial charge in [-0.25, -0.2) is 4.79 Å². The molecule has 0 spiro atoms. The van der Waals surface area contributed by atoms with Gasteiger partial charge in [0.05, 0.1) is 6.04 Å². The van der Waals surface area contributed by atoms with Crippen molar-refractivity contribution in [2.45, 2.75) is 31.5 Å². The lowest BCUT2D eigenvalue weighted by molar-refractivity contribution is -0.152. The maximum absolute atomic E-state index is 13.1. The normalized spacial score (nSPS) is 17.4. The molecule has 0 saturated carbocycles. The summed E-state index contributed by atoms with van der Waals surface area (Å²) in [6, 6.07) is 12.9. The van der Waals surface area contributed by atoms with Crippen LogP contribution in [-0.2, 0) is 29.0 Å². The molecule has 6 heteroatoms. The van der Waals surface area contributed by atoms with Crippen LogP contribution in [-0.4, -0.2) is 46.1 Å². The Morgan fingerprint density at radius 2 is 1.81 bits per heavy atom. The van der Waals surface area contributed by atoms with Crippen molar-refractivity contribution in [2.75, 3.05) is 7.05 Å². The van der Waals surface area contributed by atoms with Crippen molar-refractivity contribution in [1.29, 1.82) is 0 Å². The smallest absolute Gasteiger partial charge is 0.326 e. The Morgan fingerprint density at radius 3 is 2.42 bits per heavy atom. The molecule has 2 aromatic carbocycles. The molecule has 0 aromatic heterocycles. The van der Waals surface area contributed by atoms with Crippen LogP contribution >= 0.6 is 0 Å². The number of nitrogens with zero attached hydrogens (tertiary/aromatic N) is 1. The Morgan fingerprint density at radius 1 is 1.15 bits per heavy atom. The molecule has 2 atom stereocenters. The first-order valence-electron chi connectivity index (χ1n) is 8.55. The average Bonchev–Trinajstić information content (AvgIpc) is 2.66. The van der Waals surface area contributed by atoms with Gasteiger partial charge >= 0.3 is 5.97 Å². The maximum Gasteiger partial charge on any atom is 0.326 e. The third-order valence-corrected chi connectivity index (χ3v) is 4.84. The topological polar surface area (TPSA) is 89.9 Å². The maximum atomic E-state index is 13.1. The number of phenolic OH excluding ortho intramolecular Hbond substituents is 1. The fourth-order valence-corrected chi connectivity index (χ4v) is 3.36. The van der Waals surface area contributed by atoms with E-state index in [9.17, 15) is 19.8 Å². The highest BCUT2D eigenvalue weighted by Gasteiger charge is 2.36. The van der Waals surface area contributed by atoms with Gasteiger partial charge in [-0.15, -0.1) is 0 Å². The third-order valence-electron chi connectivity index (χ3n) is 4.84. The molecule has 1 aliphatic rings. The Balaban J connectivity index is 1.83. The van der Waals surface area contributed by atoms with Crippen molar-refractivity contribution in [2.24, 2.45) is 0 Å². The van der Waals surface area contributed by atoms with Crippen LogP contribution in [0.1, 0.15) is 16.7 Å². The van der Waals surface area contributed by atoms with E-state index in [0.29, 0.717) is 19.4 Å². The number of likely N-dealkylation sites (N-methyl/N-ethyl adjacent to an activating group) is 1. The molecule has 0 bridgehead atoms. The summed E-state index contributed by atoms with van der Waals surface area (Å²) in [5.41, 5.74) is 2.85. The van der Waals surface area contributed by atoms with Crippen LogP contribution in [0.4, 0.5) is 0 Å². The quantitative estimate of drug-likeness (QED) is 0.758. The number of rotatable bonds is 5. The minimum Gasteiger partial charge on any atom is -0.508 e. The Bertz CT molecular complexity index is 804. The van der Waals surface area contributed by atoms with Gasteiger partial charge in [-0.3, -0.25) is 4.79 Å². The molecular formula is C20H22N2O4. The highest BCUT2D eigenvalue weighted by Crippen LogP contribution is 2.24. The standard InChI is InChI=1S/C20H22N2O4/c1-21-17(10-13-6-8-16(23)9-7-13)19(24)22-12-15-5-3-2-4-14(15)11-18(22)20(25)26/h2-9,17-18,21,23H,10-12H2,1H3,(H,25,26)/t17-,18?/m0/s1. The number of hydrogen-bond acceptors (Lipinski definition) is 4. The number of nitrogens with one attached hydrogen (secondary N) is 1. The lowest BCUT2D eigenvalue weighted by Crippen LogP contribution is -2.54. The lowest BCUT2D eigenvalue weighted by Gasteiger charge is -2.36. The average molecular weight is 354 g/mol. The Kier molecular flexibility index (Phi) is 5.23. The SMILES string of the molecule is CN[C@@H](Cc1ccc(O)cc1)C(=O)N1Cc2ccccc2CC1C(=O)O. The van der Waals surface area contributed by atoms with E-state index in [1.807, 2.05) is 24.3 Å². The van der Waals surface area contributed by atoms with E-state index in [-0.39, 0.29) is 11.7 Å². The van der Waals surface area contributed by atoms with E-state index in [1.165, 1.54) is 4.90 Å². The summed E-state index contributed by atoms with van der Waals surface area (Å²) in [5.74, 6) is -1.06. The van der Waals surface area contributed by atoms with Gasteiger partial charge < -0.3 is 20.4 Å². The van der Waals surface area contributed by atoms with Crippen LogP contribution in [0, 0.1) is 0 Å². The Hall–Kier alpha value is -2.86. The number of aromatic hydroxyl groups is 1. The second-order valence-corrected chi connectivity index (χ2v) is 6.50. The van der Waals surface area contributed by atoms with Gasteiger partial charge in [0.1, 0.15) is 11.8 Å². The highest BCUT2D eigenvalue weighted by molar-refractivity contribution is 5.88. The fraction of sp³-hybridized carbons (Fsp3) is 0.300. The number of phenols is 1. The summed E-state index contributed by atoms with van der Waals surface area (Å²) in [5, 5.41) is 22.0. The first-order valence-corrected chi connectivity index (χ1v) is 8.55. The number of fused-ring (bicyclic) bond motifs is 1. The number of aliphatic carboxylic acids is 1. The van der Waals surface area contributed by atoms with Gasteiger partial charge in [-0.1, -0.05) is 36.4 Å². The van der Waals surface area contributed by atoms with Gasteiger partial charge in [-0.05, 0) is 42.3 Å². The predicted molar refractivity (Wildman–Crippen MR) is 96.8 cm³/mol. The number of benzene rings is 2. The molecule has 1 heterocycles. The van der Waals surface area contributed by atoms with Crippen LogP contribution in [0.25, 0.3) is 0 Å². The van der Waals surface area contributed by atoms with Crippen LogP contribution in [0.2, 0.25) is 0 Å². The number of hydrogen-bond donors (Lipinski definition) is 3. The molecule has 1 amide bonds. The van der Waals surface area contributed by atoms with Crippen LogP contribution < -0.4 is 5.32 Å². The monoisotopic (exact) mass is 354 g/mol. The molecule has 2 aromatic rings. The lowest BCUT2D eigenvalue weighted by atomic mass is 9.92. The van der Waals surface area contributed by atoms with Crippen LogP contribution in [0.3, 0.4) is 0 Å². The van der Waals surface area contributed by atoms with Gasteiger partial charge in [0.2, 0.25) is 5.91 Å². The zero-order chi connectivity index (χ0) is 18.7. The number of carbonyl (C=O) groups excluding carboxylic acids is 1. The molecule has 26 heavy (non-hydrogen) atoms. The third kappa shape index (κ3) is 3.70. The fourth-order valence-electron chi connectivity index (χ4n) is 3.36. The van der Waals surface area contributed by atoms with Crippen molar-refractivity contribution in [1.82, 2.24) is 10.2 Å². The van der Waals surface area contributed by atoms with E-state index in [4.69, 9.17) is 0 Å². The minimum absolute atomic E-state index is 0.166. The predicted octanol–water partition coefficient (Wildman–Crippen LogP) is 1.56. The first kappa shape index (κ1) is 17.9. The highest BCUT2D eigenvalue weighted by atomic mass is 16.4. The van der Waals surface area contributed by atoms with Gasteiger partial charge in [0, 0.05) is 13.0 Å². The largest absolute Gasteiger partial charge is 0.508 e. The summed E-state index contributed by atoms with van der Waals surface area (Å²) in [4.78, 5) is 26.3. The summed E-state index contributed by atoms with van der Waals surface area (Å²) in [6.07, 6.45) is 0.729. The van der Waals surface area contributed by atoms with Gasteiger partial charge in [-0.2, -0.15) is 0 Å². The number of carboxylic acids is 1. The molecule has 1 aliphatic heterocycles. The summed E-state index contributed by atoms with van der Waals surface area (Å²) >= 11 is 0. The second kappa shape index (κ2) is 7.58. The molecule has 1 unspecified atom stereocenters. The van der Waals surface area contributed by atoms with E-state index in [2.05, 4.69) is 5.32 Å². The summed E-state index contributed by atoms with van der Waals surface area (Å²) in [6.45, 7) is 0.291. The zero-order valence-electron chi connectivity index (χ0n) is 14.6. The molecule has 0 radical (unpaired) electrons. The van der Waals surface area contributed by atoms with Gasteiger partial charge in [0.15, 0.2) is 0 Å². The van der Waals surface area contributed by atoms with Crippen molar-refractivity contribution in [3.8, 4) is 5.75 Å². The molecule has 3 N–H and O–H groups in total. The minimum atomic E-state index is -0.993. The number of amides is 1. The van der Waals surface area contributed by atoms with Crippen molar-refractivity contribution in [3.05, 3.63) is 65.2 Å².